The monoisotopic (exact) mass is 550 g/mol. The summed E-state index contributed by atoms with van der Waals surface area (Å²) in [6, 6.07) is 19.3. The Morgan fingerprint density at radius 2 is 1.82 bits per heavy atom. The van der Waals surface area contributed by atoms with E-state index < -0.39 is 5.25 Å². The van der Waals surface area contributed by atoms with E-state index in [9.17, 15) is 4.79 Å². The van der Waals surface area contributed by atoms with Crippen LogP contribution in [-0.2, 0) is 4.79 Å². The van der Waals surface area contributed by atoms with Crippen molar-refractivity contribution in [2.45, 2.75) is 23.0 Å². The van der Waals surface area contributed by atoms with Gasteiger partial charge in [-0.2, -0.15) is 0 Å². The van der Waals surface area contributed by atoms with Gasteiger partial charge in [0.1, 0.15) is 17.6 Å². The van der Waals surface area contributed by atoms with Gasteiger partial charge in [-0.15, -0.1) is 11.8 Å². The second-order valence-electron chi connectivity index (χ2n) is 9.46. The lowest BCUT2D eigenvalue weighted by atomic mass is 10.1. The molecule has 0 bridgehead atoms. The Labute approximate surface area is 233 Å². The number of carbonyl (C=O) groups excluding carboxylic acids is 1. The molecule has 206 valence electrons. The Morgan fingerprint density at radius 3 is 2.69 bits per heavy atom. The van der Waals surface area contributed by atoms with Crippen molar-refractivity contribution in [3.8, 4) is 28.7 Å². The number of thioether (sulfide) groups is 1. The topological polar surface area (TPSA) is 69.7 Å². The molecule has 0 aromatic heterocycles. The molecule has 0 N–H and O–H groups in total. The number of unbranched alkanes of at least 4 members (excludes halogenated alkanes) is 1. The average molecular weight is 551 g/mol. The smallest absolute Gasteiger partial charge is 0.244 e. The van der Waals surface area contributed by atoms with Crippen LogP contribution >= 0.6 is 11.8 Å². The highest BCUT2D eigenvalue weighted by Gasteiger charge is 2.35. The summed E-state index contributed by atoms with van der Waals surface area (Å²) in [6.45, 7) is 3.11. The fourth-order valence-electron chi connectivity index (χ4n) is 4.61. The van der Waals surface area contributed by atoms with Crippen molar-refractivity contribution in [2.24, 2.45) is 0 Å². The lowest BCUT2D eigenvalue weighted by molar-refractivity contribution is -0.118. The van der Waals surface area contributed by atoms with Gasteiger partial charge in [0, 0.05) is 30.1 Å². The van der Waals surface area contributed by atoms with Gasteiger partial charge >= 0.3 is 0 Å². The molecule has 39 heavy (non-hydrogen) atoms. The Bertz CT molecular complexity index is 1300. The first-order chi connectivity index (χ1) is 19.0. The van der Waals surface area contributed by atoms with Crippen LogP contribution in [0.4, 0.5) is 5.69 Å². The Hall–Kier alpha value is -3.56. The fourth-order valence-corrected chi connectivity index (χ4v) is 5.92. The summed E-state index contributed by atoms with van der Waals surface area (Å²) in [5.74, 6) is 3.56. The molecule has 3 aromatic carbocycles. The molecule has 0 saturated carbocycles. The van der Waals surface area contributed by atoms with Crippen LogP contribution in [0.1, 0.15) is 23.7 Å². The van der Waals surface area contributed by atoms with E-state index in [1.54, 1.807) is 23.8 Å². The van der Waals surface area contributed by atoms with Gasteiger partial charge < -0.3 is 33.5 Å². The van der Waals surface area contributed by atoms with Crippen molar-refractivity contribution < 1.29 is 28.5 Å². The first kappa shape index (κ1) is 27.0. The molecule has 0 saturated heterocycles. The molecule has 1 amide bonds. The average Bonchev–Trinajstić information content (AvgIpc) is 3.43. The number of hydrogen-bond donors (Lipinski definition) is 0. The first-order valence-corrected chi connectivity index (χ1v) is 14.0. The summed E-state index contributed by atoms with van der Waals surface area (Å²) < 4.78 is 28.5. The fraction of sp³-hybridized carbons (Fsp3) is 0.367. The number of fused-ring (bicyclic) bond motifs is 2. The first-order valence-electron chi connectivity index (χ1n) is 13.1. The Kier molecular flexibility index (Phi) is 8.68. The van der Waals surface area contributed by atoms with E-state index in [2.05, 4.69) is 11.9 Å². The Morgan fingerprint density at radius 1 is 0.974 bits per heavy atom. The maximum absolute atomic E-state index is 13.3. The quantitative estimate of drug-likeness (QED) is 0.278. The summed E-state index contributed by atoms with van der Waals surface area (Å²) >= 11 is 1.56. The summed E-state index contributed by atoms with van der Waals surface area (Å²) in [5, 5.41) is -0.397. The third-order valence-corrected chi connectivity index (χ3v) is 8.09. The second kappa shape index (κ2) is 12.5. The molecule has 8 nitrogen and oxygen atoms in total. The van der Waals surface area contributed by atoms with Crippen molar-refractivity contribution in [1.82, 2.24) is 4.90 Å². The van der Waals surface area contributed by atoms with Crippen molar-refractivity contribution in [2.75, 3.05) is 59.2 Å². The molecule has 2 heterocycles. The maximum Gasteiger partial charge on any atom is 0.244 e. The minimum absolute atomic E-state index is 0.0291. The van der Waals surface area contributed by atoms with Crippen LogP contribution in [0.2, 0.25) is 0 Å². The second-order valence-corrected chi connectivity index (χ2v) is 10.6. The summed E-state index contributed by atoms with van der Waals surface area (Å²) in [5.41, 5.74) is 1.77. The lowest BCUT2D eigenvalue weighted by Crippen LogP contribution is -2.33. The number of methoxy groups -OCH3 is 1. The highest BCUT2D eigenvalue weighted by Crippen LogP contribution is 2.49. The van der Waals surface area contributed by atoms with Crippen LogP contribution in [0.25, 0.3) is 0 Å². The standard InChI is InChI=1S/C30H34N2O6S/c1-31(16-18-35-21-13-14-24-26(19-21)38-20-37-24)15-6-7-17-36-28-22(9-8-11-25(28)34-3)29-30(33)32(2)23-10-4-5-12-27(23)39-29/h4-5,8-14,19,29H,6-7,15-18,20H2,1-3H3/t29-/m0/s1. The summed E-state index contributed by atoms with van der Waals surface area (Å²) in [6.07, 6.45) is 1.84. The molecule has 9 heteroatoms. The molecule has 0 fully saturated rings. The van der Waals surface area contributed by atoms with Gasteiger partial charge in [0.05, 0.1) is 19.4 Å². The Balaban J connectivity index is 1.11. The van der Waals surface area contributed by atoms with Gasteiger partial charge in [-0.25, -0.2) is 0 Å². The molecule has 0 spiro atoms. The van der Waals surface area contributed by atoms with Gasteiger partial charge in [-0.1, -0.05) is 24.3 Å². The van der Waals surface area contributed by atoms with Crippen LogP contribution in [0.15, 0.2) is 65.6 Å². The number of anilines is 1. The van der Waals surface area contributed by atoms with E-state index in [0.717, 1.165) is 59.3 Å². The largest absolute Gasteiger partial charge is 0.493 e. The van der Waals surface area contributed by atoms with Crippen molar-refractivity contribution in [1.29, 1.82) is 0 Å². The number of hydrogen-bond acceptors (Lipinski definition) is 8. The zero-order chi connectivity index (χ0) is 27.2. The number of ether oxygens (including phenoxy) is 5. The van der Waals surface area contributed by atoms with Crippen LogP contribution in [-0.4, -0.2) is 65.1 Å². The van der Waals surface area contributed by atoms with Gasteiger partial charge in [0.25, 0.3) is 0 Å². The van der Waals surface area contributed by atoms with Crippen LogP contribution < -0.4 is 28.6 Å². The SMILES string of the molecule is COc1cccc([C@@H]2Sc3ccccc3N(C)C2=O)c1OCCCCN(C)CCOc1ccc2c(c1)OCO2. The molecule has 3 aromatic rings. The number of rotatable bonds is 12. The van der Waals surface area contributed by atoms with Crippen molar-refractivity contribution in [3.05, 3.63) is 66.2 Å². The van der Waals surface area contributed by atoms with E-state index in [1.807, 2.05) is 67.7 Å². The molecular formula is C30H34N2O6S. The predicted octanol–water partition coefficient (Wildman–Crippen LogP) is 5.40. The third kappa shape index (κ3) is 6.20. The molecule has 2 aliphatic heterocycles. The zero-order valence-electron chi connectivity index (χ0n) is 22.6. The van der Waals surface area contributed by atoms with E-state index >= 15 is 0 Å². The van der Waals surface area contributed by atoms with Gasteiger partial charge in [0.2, 0.25) is 12.7 Å². The molecule has 0 radical (unpaired) electrons. The number of carbonyl (C=O) groups is 1. The number of amides is 1. The van der Waals surface area contributed by atoms with Crippen LogP contribution in [0.3, 0.4) is 0 Å². The molecular weight excluding hydrogens is 516 g/mol. The van der Waals surface area contributed by atoms with E-state index in [-0.39, 0.29) is 12.7 Å². The minimum Gasteiger partial charge on any atom is -0.493 e. The molecule has 2 aliphatic rings. The predicted molar refractivity (Wildman–Crippen MR) is 152 cm³/mol. The van der Waals surface area contributed by atoms with Crippen LogP contribution in [0.5, 0.6) is 28.7 Å². The number of para-hydroxylation sites is 2. The van der Waals surface area contributed by atoms with Gasteiger partial charge in [0.15, 0.2) is 23.0 Å². The number of nitrogens with zero attached hydrogens (tertiary/aromatic N) is 2. The molecule has 0 aliphatic carbocycles. The normalized spacial score (nSPS) is 15.8. The number of benzene rings is 3. The van der Waals surface area contributed by atoms with Crippen LogP contribution in [0, 0.1) is 0 Å². The van der Waals surface area contributed by atoms with Gasteiger partial charge in [-0.05, 0) is 56.8 Å². The highest BCUT2D eigenvalue weighted by molar-refractivity contribution is 8.00. The highest BCUT2D eigenvalue weighted by atomic mass is 32.2. The minimum atomic E-state index is -0.397. The van der Waals surface area contributed by atoms with E-state index in [1.165, 1.54) is 0 Å². The lowest BCUT2D eigenvalue weighted by Gasteiger charge is -2.32. The van der Waals surface area contributed by atoms with Crippen molar-refractivity contribution >= 4 is 23.4 Å². The molecule has 5 rings (SSSR count). The molecule has 1 atom stereocenters. The summed E-state index contributed by atoms with van der Waals surface area (Å²) in [4.78, 5) is 18.3. The van der Waals surface area contributed by atoms with E-state index in [0.29, 0.717) is 24.7 Å². The van der Waals surface area contributed by atoms with Gasteiger partial charge in [-0.3, -0.25) is 4.79 Å². The third-order valence-electron chi connectivity index (χ3n) is 6.80. The van der Waals surface area contributed by atoms with E-state index in [4.69, 9.17) is 23.7 Å². The van der Waals surface area contributed by atoms with Crippen molar-refractivity contribution in [3.63, 3.8) is 0 Å². The molecule has 0 unspecified atom stereocenters. The summed E-state index contributed by atoms with van der Waals surface area (Å²) in [7, 11) is 5.54. The number of likely N-dealkylation sites (N-methyl/N-ethyl adjacent to an activating group) is 2. The zero-order valence-corrected chi connectivity index (χ0v) is 23.4. The maximum atomic E-state index is 13.3.